The van der Waals surface area contributed by atoms with Crippen molar-refractivity contribution >= 4 is 62.6 Å². The number of hydrogen-bond acceptors (Lipinski definition) is 34. The standard InChI is InChI=1S/C55H32O34/c56-13-1-8(2-17(29(13)60)83-18-6-12-23-25-28(55(81)87-45(23)33(18)64)39(70)42(73)43(74)46(25)86-53(12)79)49(75)84-19-7-82-50(76)9-3-14(57)30(61)34(65)20(9)21-10(4-15(58)31(62)35(21)66)51(77)85-44(19)48-47-40(71)27-26(54(80)88-47)24(37(68)41(72)38(27)69)22-11(52(78)89-48)5-16(59)32(63)36(22)67/h1-6,19,40,44,47-48,56-74H,7H2. The smallest absolute Gasteiger partial charge is 0.348 e. The lowest BCUT2D eigenvalue weighted by Crippen LogP contribution is -2.56. The first kappa shape index (κ1) is 56.5. The summed E-state index contributed by atoms with van der Waals surface area (Å²) in [5.74, 6) is -37.3. The highest BCUT2D eigenvalue weighted by Crippen LogP contribution is 2.59. The van der Waals surface area contributed by atoms with E-state index in [0.717, 1.165) is 0 Å². The molecule has 0 radical (unpaired) electrons. The third-order valence-corrected chi connectivity index (χ3v) is 14.7. The lowest BCUT2D eigenvalue weighted by molar-refractivity contribution is -0.154. The second kappa shape index (κ2) is 19.3. The molecule has 19 N–H and O–H groups in total. The van der Waals surface area contributed by atoms with Gasteiger partial charge in [0.25, 0.3) is 0 Å². The summed E-state index contributed by atoms with van der Waals surface area (Å²) in [5.41, 5.74) is -16.7. The number of carbonyl (C=O) groups excluding carboxylic acids is 5. The zero-order valence-corrected chi connectivity index (χ0v) is 43.2. The molecule has 34 nitrogen and oxygen atoms in total. The van der Waals surface area contributed by atoms with Gasteiger partial charge in [0.05, 0.1) is 38.6 Å². The van der Waals surface area contributed by atoms with Crippen LogP contribution in [0.1, 0.15) is 63.5 Å². The molecule has 0 aliphatic carbocycles. The van der Waals surface area contributed by atoms with Crippen LogP contribution in [-0.2, 0) is 23.7 Å². The van der Waals surface area contributed by atoms with Crippen LogP contribution in [0.5, 0.6) is 115 Å². The maximum Gasteiger partial charge on any atom is 0.348 e. The van der Waals surface area contributed by atoms with Crippen molar-refractivity contribution in [2.75, 3.05) is 6.61 Å². The van der Waals surface area contributed by atoms with Gasteiger partial charge < -0.3 is 134 Å². The third kappa shape index (κ3) is 7.96. The maximum atomic E-state index is 15.0. The number of esters is 5. The molecule has 4 bridgehead atoms. The van der Waals surface area contributed by atoms with Gasteiger partial charge in [0, 0.05) is 39.3 Å². The Morgan fingerprint density at radius 3 is 1.46 bits per heavy atom. The van der Waals surface area contributed by atoms with Crippen molar-refractivity contribution in [3.8, 4) is 137 Å². The van der Waals surface area contributed by atoms with Crippen LogP contribution in [0, 0.1) is 0 Å². The quantitative estimate of drug-likeness (QED) is 0.0387. The Morgan fingerprint density at radius 2 is 0.876 bits per heavy atom. The molecule has 4 aliphatic rings. The Bertz CT molecular complexity index is 4900. The van der Waals surface area contributed by atoms with Crippen LogP contribution in [-0.4, -0.2) is 158 Å². The molecule has 6 heterocycles. The molecule has 9 aromatic rings. The summed E-state index contributed by atoms with van der Waals surface area (Å²) in [7, 11) is 0. The number of ether oxygens (including phenoxy) is 6. The highest BCUT2D eigenvalue weighted by Gasteiger charge is 2.54. The molecule has 0 amide bonds. The largest absolute Gasteiger partial charge is 0.504 e. The van der Waals surface area contributed by atoms with Gasteiger partial charge in [-0.05, 0) is 30.3 Å². The summed E-state index contributed by atoms with van der Waals surface area (Å²) in [5, 5.41) is 206. The highest BCUT2D eigenvalue weighted by atomic mass is 16.6. The van der Waals surface area contributed by atoms with Crippen molar-refractivity contribution in [3.05, 3.63) is 90.6 Å². The molecule has 13 rings (SSSR count). The number of rotatable bonds is 5. The summed E-state index contributed by atoms with van der Waals surface area (Å²) < 4.78 is 44.1. The Kier molecular flexibility index (Phi) is 12.2. The van der Waals surface area contributed by atoms with Gasteiger partial charge in [0.1, 0.15) is 18.1 Å². The topological polar surface area (TPSA) is 586 Å². The van der Waals surface area contributed by atoms with E-state index in [9.17, 15) is 126 Å². The molecule has 2 aromatic heterocycles. The second-order valence-corrected chi connectivity index (χ2v) is 19.7. The van der Waals surface area contributed by atoms with Crippen molar-refractivity contribution in [1.82, 2.24) is 0 Å². The van der Waals surface area contributed by atoms with Gasteiger partial charge in [-0.3, -0.25) is 0 Å². The van der Waals surface area contributed by atoms with E-state index in [-0.39, 0.29) is 6.07 Å². The Balaban J connectivity index is 1.04. The van der Waals surface area contributed by atoms with E-state index >= 15 is 4.79 Å². The van der Waals surface area contributed by atoms with Gasteiger partial charge >= 0.3 is 41.1 Å². The molecule has 0 fully saturated rings. The number of benzene rings is 7. The van der Waals surface area contributed by atoms with Crippen molar-refractivity contribution in [1.29, 1.82) is 0 Å². The maximum absolute atomic E-state index is 15.0. The Labute approximate surface area is 484 Å². The molecule has 34 heteroatoms. The van der Waals surface area contributed by atoms with Crippen molar-refractivity contribution in [2.45, 2.75) is 30.5 Å². The van der Waals surface area contributed by atoms with Crippen LogP contribution in [0.15, 0.2) is 54.8 Å². The highest BCUT2D eigenvalue weighted by molar-refractivity contribution is 6.24. The summed E-state index contributed by atoms with van der Waals surface area (Å²) in [6.45, 7) is -1.66. The van der Waals surface area contributed by atoms with E-state index in [1.807, 2.05) is 0 Å². The molecule has 0 spiro atoms. The number of phenols is 18. The molecule has 89 heavy (non-hydrogen) atoms. The van der Waals surface area contributed by atoms with Crippen LogP contribution < -0.4 is 16.0 Å². The monoisotopic (exact) mass is 1240 g/mol. The number of aliphatic hydroxyl groups excluding tert-OH is 1. The average Bonchev–Trinajstić information content (AvgIpc) is 0.819. The number of hydrogen-bond donors (Lipinski definition) is 19. The number of carbonyl (C=O) groups is 5. The van der Waals surface area contributed by atoms with Crippen LogP contribution in [0.25, 0.3) is 55.0 Å². The van der Waals surface area contributed by atoms with Crippen LogP contribution >= 0.6 is 0 Å². The van der Waals surface area contributed by atoms with Gasteiger partial charge in [0.2, 0.25) is 46.0 Å². The van der Waals surface area contributed by atoms with E-state index in [4.69, 9.17) is 37.3 Å². The summed E-state index contributed by atoms with van der Waals surface area (Å²) in [6.07, 6.45) is -14.2. The Hall–Kier alpha value is -13.0. The van der Waals surface area contributed by atoms with Gasteiger partial charge in [-0.15, -0.1) is 0 Å². The van der Waals surface area contributed by atoms with Gasteiger partial charge in [-0.2, -0.15) is 0 Å². The molecular weight excluding hydrogens is 1200 g/mol. The third-order valence-electron chi connectivity index (χ3n) is 14.7. The minimum atomic E-state index is -2.97. The summed E-state index contributed by atoms with van der Waals surface area (Å²) in [6, 6.07) is 2.52. The molecule has 456 valence electrons. The molecule has 4 aliphatic heterocycles. The van der Waals surface area contributed by atoms with E-state index < -0.39 is 282 Å². The van der Waals surface area contributed by atoms with Crippen molar-refractivity contribution in [2.24, 2.45) is 0 Å². The van der Waals surface area contributed by atoms with E-state index in [1.165, 1.54) is 0 Å². The van der Waals surface area contributed by atoms with E-state index in [2.05, 4.69) is 0 Å². The summed E-state index contributed by atoms with van der Waals surface area (Å²) in [4.78, 5) is 99.9. The minimum absolute atomic E-state index is 0.274. The molecular formula is C55H32O34. The van der Waals surface area contributed by atoms with Crippen LogP contribution in [0.4, 0.5) is 0 Å². The zero-order valence-electron chi connectivity index (χ0n) is 43.2. The minimum Gasteiger partial charge on any atom is -0.504 e. The molecule has 0 saturated heterocycles. The lowest BCUT2D eigenvalue weighted by atomic mass is 9.82. The Morgan fingerprint density at radius 1 is 0.404 bits per heavy atom. The molecule has 5 unspecified atom stereocenters. The lowest BCUT2D eigenvalue weighted by Gasteiger charge is -2.40. The first-order valence-corrected chi connectivity index (χ1v) is 24.7. The molecule has 5 atom stereocenters. The molecule has 7 aromatic carbocycles. The number of cyclic esters (lactones) is 2. The second-order valence-electron chi connectivity index (χ2n) is 19.7. The average molecular weight is 1240 g/mol. The van der Waals surface area contributed by atoms with E-state index in [1.54, 1.807) is 0 Å². The van der Waals surface area contributed by atoms with Gasteiger partial charge in [-0.1, -0.05) is 0 Å². The number of fused-ring (bicyclic) bond motifs is 6. The molecule has 0 saturated carbocycles. The van der Waals surface area contributed by atoms with Crippen molar-refractivity contribution < 1.29 is 158 Å². The fourth-order valence-electron chi connectivity index (χ4n) is 10.6. The number of aromatic hydroxyl groups is 18. The summed E-state index contributed by atoms with van der Waals surface area (Å²) >= 11 is 0. The van der Waals surface area contributed by atoms with Crippen LogP contribution in [0.2, 0.25) is 0 Å². The first-order valence-electron chi connectivity index (χ1n) is 24.7. The van der Waals surface area contributed by atoms with Gasteiger partial charge in [0.15, 0.2) is 105 Å². The van der Waals surface area contributed by atoms with E-state index in [0.29, 0.717) is 30.3 Å². The predicted octanol–water partition coefficient (Wildman–Crippen LogP) is 3.05. The fourth-order valence-corrected chi connectivity index (χ4v) is 10.6. The predicted molar refractivity (Wildman–Crippen MR) is 280 cm³/mol. The number of phenolic OH excluding ortho intramolecular Hbond substituents is 18. The van der Waals surface area contributed by atoms with Crippen LogP contribution in [0.3, 0.4) is 0 Å². The zero-order chi connectivity index (χ0) is 64.3. The van der Waals surface area contributed by atoms with Gasteiger partial charge in [-0.25, -0.2) is 33.6 Å². The first-order chi connectivity index (χ1) is 41.9. The SMILES string of the molecule is O=C(OC1COC(=O)c2cc(O)c(O)c(O)c2-c2c(cc(O)c(O)c2O)C(=O)OC1C1OC(=O)c2cc(O)c(O)c(O)c2-c2c(O)c(O)c(O)c3c2C(=O)OC1C3O)c1cc(O)c(O)c(Oc2cc3c(=O)oc4c(O)c(O)c(O)c5c(=O)oc(c2O)c3c45)c1. The number of aliphatic hydroxyl groups is 1. The van der Waals surface area contributed by atoms with Crippen molar-refractivity contribution in [3.63, 3.8) is 0 Å². The normalized spacial score (nSPS) is 18.1. The fraction of sp³-hybridized carbons (Fsp3) is 0.109.